The molecule has 4 heteroatoms. The Morgan fingerprint density at radius 2 is 2.09 bits per heavy atom. The number of aliphatic hydroxyl groups excluding tert-OH is 1. The van der Waals surface area contributed by atoms with Gasteiger partial charge in [-0.05, 0) is 49.0 Å². The second-order valence-corrected chi connectivity index (χ2v) is 7.48. The molecule has 0 bridgehead atoms. The summed E-state index contributed by atoms with van der Waals surface area (Å²) < 4.78 is 0. The van der Waals surface area contributed by atoms with Gasteiger partial charge >= 0.3 is 5.97 Å². The first-order valence-corrected chi connectivity index (χ1v) is 10.1. The van der Waals surface area contributed by atoms with Crippen LogP contribution in [0.25, 0.3) is 0 Å². The molecule has 1 heterocycles. The first-order chi connectivity index (χ1) is 11.1. The van der Waals surface area contributed by atoms with Gasteiger partial charge in [-0.15, -0.1) is 0 Å². The largest absolute Gasteiger partial charge is 0.481 e. The van der Waals surface area contributed by atoms with E-state index in [1.54, 1.807) is 0 Å². The van der Waals surface area contributed by atoms with E-state index in [1.807, 2.05) is 17.8 Å². The molecule has 1 rings (SSSR count). The van der Waals surface area contributed by atoms with Crippen LogP contribution in [-0.4, -0.2) is 33.8 Å². The van der Waals surface area contributed by atoms with E-state index in [9.17, 15) is 9.90 Å². The Labute approximate surface area is 145 Å². The normalized spacial score (nSPS) is 23.0. The fraction of sp³-hybridized carbons (Fsp3) is 0.737. The van der Waals surface area contributed by atoms with E-state index in [-0.39, 0.29) is 12.5 Å². The Kier molecular flexibility index (Phi) is 11.2. The van der Waals surface area contributed by atoms with Gasteiger partial charge in [0.25, 0.3) is 0 Å². The molecule has 23 heavy (non-hydrogen) atoms. The average Bonchev–Trinajstić information content (AvgIpc) is 2.96. The molecule has 2 N–H and O–H groups in total. The van der Waals surface area contributed by atoms with Crippen molar-refractivity contribution >= 4 is 17.7 Å². The van der Waals surface area contributed by atoms with Gasteiger partial charge in [0.1, 0.15) is 0 Å². The maximum absolute atomic E-state index is 10.4. The van der Waals surface area contributed by atoms with Crippen LogP contribution in [0.3, 0.4) is 0 Å². The highest BCUT2D eigenvalue weighted by molar-refractivity contribution is 7.99. The Bertz CT molecular complexity index is 379. The molecule has 0 aromatic carbocycles. The van der Waals surface area contributed by atoms with Gasteiger partial charge in [0.2, 0.25) is 0 Å². The minimum atomic E-state index is -0.715. The van der Waals surface area contributed by atoms with Crippen molar-refractivity contribution in [2.75, 3.05) is 11.5 Å². The highest BCUT2D eigenvalue weighted by Gasteiger charge is 2.24. The zero-order chi connectivity index (χ0) is 16.9. The molecule has 3 nitrogen and oxygen atoms in total. The highest BCUT2D eigenvalue weighted by Crippen LogP contribution is 2.33. The van der Waals surface area contributed by atoms with Crippen molar-refractivity contribution in [1.29, 1.82) is 0 Å². The second kappa shape index (κ2) is 12.7. The lowest BCUT2D eigenvalue weighted by atomic mass is 9.91. The Balaban J connectivity index is 2.24. The van der Waals surface area contributed by atoms with Gasteiger partial charge in [-0.1, -0.05) is 50.5 Å². The van der Waals surface area contributed by atoms with Crippen molar-refractivity contribution in [2.24, 2.45) is 11.8 Å². The van der Waals surface area contributed by atoms with Crippen LogP contribution in [0.15, 0.2) is 24.3 Å². The van der Waals surface area contributed by atoms with Gasteiger partial charge in [-0.3, -0.25) is 4.79 Å². The van der Waals surface area contributed by atoms with E-state index in [4.69, 9.17) is 5.11 Å². The van der Waals surface area contributed by atoms with Gasteiger partial charge in [0, 0.05) is 6.42 Å². The molecule has 0 aliphatic carbocycles. The van der Waals surface area contributed by atoms with Gasteiger partial charge < -0.3 is 10.2 Å². The van der Waals surface area contributed by atoms with Crippen LogP contribution in [0.4, 0.5) is 0 Å². The molecule has 0 radical (unpaired) electrons. The first-order valence-electron chi connectivity index (χ1n) is 8.94. The maximum atomic E-state index is 10.4. The van der Waals surface area contributed by atoms with E-state index in [1.165, 1.54) is 18.6 Å². The summed E-state index contributed by atoms with van der Waals surface area (Å²) >= 11 is 1.99. The molecule has 0 spiro atoms. The van der Waals surface area contributed by atoms with Crippen molar-refractivity contribution in [3.63, 3.8) is 0 Å². The number of allylic oxidation sites excluding steroid dienone is 3. The molecular formula is C19H32O3S. The van der Waals surface area contributed by atoms with E-state index in [0.29, 0.717) is 11.8 Å². The number of hydrogen-bond acceptors (Lipinski definition) is 3. The predicted molar refractivity (Wildman–Crippen MR) is 98.8 cm³/mol. The van der Waals surface area contributed by atoms with Gasteiger partial charge in [0.15, 0.2) is 0 Å². The lowest BCUT2D eigenvalue weighted by Crippen LogP contribution is -2.10. The maximum Gasteiger partial charge on any atom is 0.303 e. The molecule has 0 aromatic heterocycles. The van der Waals surface area contributed by atoms with E-state index >= 15 is 0 Å². The summed E-state index contributed by atoms with van der Waals surface area (Å²) in [5, 5.41) is 18.6. The lowest BCUT2D eigenvalue weighted by Gasteiger charge is -2.14. The van der Waals surface area contributed by atoms with Crippen LogP contribution in [0.2, 0.25) is 0 Å². The molecule has 0 amide bonds. The molecular weight excluding hydrogens is 308 g/mol. The quantitative estimate of drug-likeness (QED) is 0.400. The van der Waals surface area contributed by atoms with Gasteiger partial charge in [-0.25, -0.2) is 0 Å². The minimum absolute atomic E-state index is 0.255. The number of thioether (sulfide) groups is 1. The molecule has 1 aliphatic heterocycles. The predicted octanol–water partition coefficient (Wildman–Crippen LogP) is 4.66. The van der Waals surface area contributed by atoms with Crippen molar-refractivity contribution in [1.82, 2.24) is 0 Å². The molecule has 0 saturated carbocycles. The third-order valence-corrected chi connectivity index (χ3v) is 5.58. The van der Waals surface area contributed by atoms with Gasteiger partial charge in [0.05, 0.1) is 6.10 Å². The van der Waals surface area contributed by atoms with E-state index in [0.717, 1.165) is 37.9 Å². The standard InChI is InChI=1S/C19H32O3S/c1-2-3-6-10-18(20)13-12-17-15-23-14-16(17)9-7-4-5-8-11-19(21)22/h4,7,12-13,16-18,20H,2-3,5-6,8-11,14-15H2,1H3,(H,21,22)/b7-4-,13-12+/t16-,17+,18?/m0/s1. The van der Waals surface area contributed by atoms with Crippen molar-refractivity contribution in [2.45, 2.75) is 64.4 Å². The summed E-state index contributed by atoms with van der Waals surface area (Å²) in [5.41, 5.74) is 0. The molecule has 0 aromatic rings. The third-order valence-electron chi connectivity index (χ3n) is 4.30. The number of hydrogen-bond donors (Lipinski definition) is 2. The number of carbonyl (C=O) groups is 1. The molecule has 1 fully saturated rings. The summed E-state index contributed by atoms with van der Waals surface area (Å²) in [7, 11) is 0. The Morgan fingerprint density at radius 1 is 1.26 bits per heavy atom. The number of carboxylic acids is 1. The number of carboxylic acid groups (broad SMARTS) is 1. The first kappa shape index (κ1) is 20.3. The van der Waals surface area contributed by atoms with Crippen LogP contribution in [0.1, 0.15) is 58.3 Å². The van der Waals surface area contributed by atoms with Crippen molar-refractivity contribution in [3.8, 4) is 0 Å². The SMILES string of the molecule is CCCCCC(O)/C=C/[C@@H]1CSC[C@@H]1C/C=C\CCCC(=O)O. The van der Waals surface area contributed by atoms with Crippen LogP contribution in [0.5, 0.6) is 0 Å². The topological polar surface area (TPSA) is 57.5 Å². The molecule has 1 saturated heterocycles. The number of unbranched alkanes of at least 4 members (excludes halogenated alkanes) is 3. The van der Waals surface area contributed by atoms with Crippen LogP contribution >= 0.6 is 11.8 Å². The van der Waals surface area contributed by atoms with Gasteiger partial charge in [-0.2, -0.15) is 11.8 Å². The smallest absolute Gasteiger partial charge is 0.303 e. The van der Waals surface area contributed by atoms with Crippen LogP contribution in [0, 0.1) is 11.8 Å². The summed E-state index contributed by atoms with van der Waals surface area (Å²) in [4.78, 5) is 10.4. The van der Waals surface area contributed by atoms with Crippen LogP contribution < -0.4 is 0 Å². The zero-order valence-corrected chi connectivity index (χ0v) is 15.1. The van der Waals surface area contributed by atoms with E-state index < -0.39 is 5.97 Å². The number of aliphatic carboxylic acids is 1. The third kappa shape index (κ3) is 9.87. The summed E-state index contributed by atoms with van der Waals surface area (Å²) in [6.45, 7) is 2.18. The van der Waals surface area contributed by atoms with Crippen molar-refractivity contribution in [3.05, 3.63) is 24.3 Å². The Hall–Kier alpha value is -0.740. The fourth-order valence-electron chi connectivity index (χ4n) is 2.80. The Morgan fingerprint density at radius 3 is 2.83 bits per heavy atom. The number of rotatable bonds is 12. The summed E-state index contributed by atoms with van der Waals surface area (Å²) in [6.07, 6.45) is 15.5. The van der Waals surface area contributed by atoms with Crippen molar-refractivity contribution < 1.29 is 15.0 Å². The molecule has 3 atom stereocenters. The lowest BCUT2D eigenvalue weighted by molar-refractivity contribution is -0.137. The average molecular weight is 341 g/mol. The number of aliphatic hydroxyl groups is 1. The minimum Gasteiger partial charge on any atom is -0.481 e. The summed E-state index contributed by atoms with van der Waals surface area (Å²) in [6, 6.07) is 0. The zero-order valence-electron chi connectivity index (χ0n) is 14.3. The fourth-order valence-corrected chi connectivity index (χ4v) is 4.28. The molecule has 1 unspecified atom stereocenters. The van der Waals surface area contributed by atoms with E-state index in [2.05, 4.69) is 25.2 Å². The molecule has 132 valence electrons. The summed E-state index contributed by atoms with van der Waals surface area (Å²) in [5.74, 6) is 2.82. The highest BCUT2D eigenvalue weighted by atomic mass is 32.2. The second-order valence-electron chi connectivity index (χ2n) is 6.40. The monoisotopic (exact) mass is 340 g/mol. The molecule has 1 aliphatic rings. The van der Waals surface area contributed by atoms with Crippen LogP contribution in [-0.2, 0) is 4.79 Å².